The maximum atomic E-state index is 8.24. The Morgan fingerprint density at radius 1 is 1.18 bits per heavy atom. The standard InChI is InChI=1S/C6H7N5/c1-4-9-5(2)11-6(10-4)8-3-7/h1-2H3,(H,8,9,10,11). The first-order valence-electron chi connectivity index (χ1n) is 3.07. The summed E-state index contributed by atoms with van der Waals surface area (Å²) in [5.41, 5.74) is 0. The van der Waals surface area contributed by atoms with E-state index < -0.39 is 0 Å². The summed E-state index contributed by atoms with van der Waals surface area (Å²) in [5.74, 6) is 1.52. The normalized spacial score (nSPS) is 8.82. The molecule has 1 rings (SSSR count). The van der Waals surface area contributed by atoms with Crippen LogP contribution in [0.3, 0.4) is 0 Å². The molecular formula is C6H7N5. The third-order valence-electron chi connectivity index (χ3n) is 1.03. The average Bonchev–Trinajstić information content (AvgIpc) is 1.85. The molecule has 0 saturated carbocycles. The largest absolute Gasteiger partial charge is 0.261 e. The zero-order valence-corrected chi connectivity index (χ0v) is 6.29. The lowest BCUT2D eigenvalue weighted by Gasteiger charge is -1.97. The lowest BCUT2D eigenvalue weighted by atomic mass is 10.6. The van der Waals surface area contributed by atoms with Crippen LogP contribution < -0.4 is 5.32 Å². The number of nitrogens with one attached hydrogen (secondary N) is 1. The second-order valence-corrected chi connectivity index (χ2v) is 1.99. The van der Waals surface area contributed by atoms with E-state index in [2.05, 4.69) is 20.3 Å². The SMILES string of the molecule is Cc1nc(C)nc(NC#N)n1. The molecule has 0 amide bonds. The molecule has 56 valence electrons. The van der Waals surface area contributed by atoms with Crippen molar-refractivity contribution in [2.24, 2.45) is 0 Å². The van der Waals surface area contributed by atoms with E-state index in [-0.39, 0.29) is 0 Å². The van der Waals surface area contributed by atoms with Crippen molar-refractivity contribution >= 4 is 5.95 Å². The maximum Gasteiger partial charge on any atom is 0.239 e. The Bertz CT molecular complexity index is 280. The third kappa shape index (κ3) is 1.86. The van der Waals surface area contributed by atoms with Gasteiger partial charge in [0.2, 0.25) is 5.95 Å². The van der Waals surface area contributed by atoms with Crippen LogP contribution in [-0.4, -0.2) is 15.0 Å². The van der Waals surface area contributed by atoms with Gasteiger partial charge in [0.25, 0.3) is 0 Å². The van der Waals surface area contributed by atoms with Gasteiger partial charge in [0, 0.05) is 0 Å². The molecule has 0 aliphatic heterocycles. The minimum atomic E-state index is 0.303. The van der Waals surface area contributed by atoms with Crippen LogP contribution in [0.2, 0.25) is 0 Å². The highest BCUT2D eigenvalue weighted by Crippen LogP contribution is 1.97. The van der Waals surface area contributed by atoms with Gasteiger partial charge in [0.15, 0.2) is 6.19 Å². The molecule has 5 nitrogen and oxygen atoms in total. The van der Waals surface area contributed by atoms with Crippen LogP contribution in [0.15, 0.2) is 0 Å². The highest BCUT2D eigenvalue weighted by Gasteiger charge is 1.97. The van der Waals surface area contributed by atoms with Crippen molar-refractivity contribution in [1.82, 2.24) is 15.0 Å². The van der Waals surface area contributed by atoms with Crippen LogP contribution in [0.4, 0.5) is 5.95 Å². The molecule has 1 N–H and O–H groups in total. The van der Waals surface area contributed by atoms with Crippen LogP contribution in [0.5, 0.6) is 0 Å². The van der Waals surface area contributed by atoms with E-state index in [4.69, 9.17) is 5.26 Å². The number of nitrogens with zero attached hydrogens (tertiary/aromatic N) is 4. The van der Waals surface area contributed by atoms with E-state index in [0.29, 0.717) is 17.6 Å². The Labute approximate surface area is 64.1 Å². The maximum absolute atomic E-state index is 8.24. The highest BCUT2D eigenvalue weighted by atomic mass is 15.1. The monoisotopic (exact) mass is 149 g/mol. The van der Waals surface area contributed by atoms with Gasteiger partial charge in [-0.05, 0) is 13.8 Å². The summed E-state index contributed by atoms with van der Waals surface area (Å²) in [7, 11) is 0. The lowest BCUT2D eigenvalue weighted by Crippen LogP contribution is -2.01. The second kappa shape index (κ2) is 2.92. The second-order valence-electron chi connectivity index (χ2n) is 1.99. The number of nitriles is 1. The Balaban J connectivity index is 3.01. The summed E-state index contributed by atoms with van der Waals surface area (Å²) >= 11 is 0. The van der Waals surface area contributed by atoms with Gasteiger partial charge in [-0.1, -0.05) is 0 Å². The van der Waals surface area contributed by atoms with E-state index in [9.17, 15) is 0 Å². The van der Waals surface area contributed by atoms with Crippen molar-refractivity contribution in [1.29, 1.82) is 5.26 Å². The first kappa shape index (κ1) is 7.41. The molecule has 0 bridgehead atoms. The topological polar surface area (TPSA) is 74.5 Å². The van der Waals surface area contributed by atoms with Crippen molar-refractivity contribution in [2.45, 2.75) is 13.8 Å². The molecular weight excluding hydrogens is 142 g/mol. The summed E-state index contributed by atoms with van der Waals surface area (Å²) in [6, 6.07) is 0. The fourth-order valence-electron chi connectivity index (χ4n) is 0.722. The third-order valence-corrected chi connectivity index (χ3v) is 1.03. The summed E-state index contributed by atoms with van der Waals surface area (Å²) < 4.78 is 0. The van der Waals surface area contributed by atoms with Crippen LogP contribution >= 0.6 is 0 Å². The molecule has 1 heterocycles. The van der Waals surface area contributed by atoms with Gasteiger partial charge in [-0.3, -0.25) is 5.32 Å². The molecule has 0 aliphatic carbocycles. The molecule has 0 atom stereocenters. The molecule has 1 aromatic heterocycles. The number of hydrogen-bond donors (Lipinski definition) is 1. The summed E-state index contributed by atoms with van der Waals surface area (Å²) in [6.07, 6.45) is 1.74. The van der Waals surface area contributed by atoms with Gasteiger partial charge >= 0.3 is 0 Å². The number of anilines is 1. The van der Waals surface area contributed by atoms with Gasteiger partial charge in [-0.25, -0.2) is 4.98 Å². The van der Waals surface area contributed by atoms with E-state index in [1.807, 2.05) is 0 Å². The summed E-state index contributed by atoms with van der Waals surface area (Å²) in [4.78, 5) is 11.7. The fourth-order valence-corrected chi connectivity index (χ4v) is 0.722. The molecule has 0 radical (unpaired) electrons. The Morgan fingerprint density at radius 3 is 2.18 bits per heavy atom. The Morgan fingerprint density at radius 2 is 1.73 bits per heavy atom. The molecule has 0 aliphatic rings. The molecule has 0 fully saturated rings. The molecule has 0 spiro atoms. The first-order chi connectivity index (χ1) is 5.22. The molecule has 0 saturated heterocycles. The van der Waals surface area contributed by atoms with Crippen molar-refractivity contribution in [3.63, 3.8) is 0 Å². The van der Waals surface area contributed by atoms with Gasteiger partial charge in [-0.15, -0.1) is 0 Å². The Hall–Kier alpha value is -1.70. The van der Waals surface area contributed by atoms with Gasteiger partial charge in [0.05, 0.1) is 0 Å². The number of rotatable bonds is 1. The zero-order chi connectivity index (χ0) is 8.27. The van der Waals surface area contributed by atoms with Crippen LogP contribution in [-0.2, 0) is 0 Å². The van der Waals surface area contributed by atoms with E-state index >= 15 is 0 Å². The van der Waals surface area contributed by atoms with Gasteiger partial charge in [-0.2, -0.15) is 15.2 Å². The van der Waals surface area contributed by atoms with Crippen molar-refractivity contribution < 1.29 is 0 Å². The van der Waals surface area contributed by atoms with Crippen molar-refractivity contribution in [2.75, 3.05) is 5.32 Å². The van der Waals surface area contributed by atoms with Crippen LogP contribution in [0.25, 0.3) is 0 Å². The van der Waals surface area contributed by atoms with Crippen molar-refractivity contribution in [3.8, 4) is 6.19 Å². The molecule has 11 heavy (non-hydrogen) atoms. The first-order valence-corrected chi connectivity index (χ1v) is 3.07. The van der Waals surface area contributed by atoms with E-state index in [1.54, 1.807) is 20.0 Å². The molecule has 0 unspecified atom stereocenters. The minimum absolute atomic E-state index is 0.303. The predicted octanol–water partition coefficient (Wildman–Crippen LogP) is 0.381. The van der Waals surface area contributed by atoms with Crippen LogP contribution in [0, 0.1) is 25.3 Å². The zero-order valence-electron chi connectivity index (χ0n) is 6.29. The van der Waals surface area contributed by atoms with E-state index in [1.165, 1.54) is 0 Å². The minimum Gasteiger partial charge on any atom is -0.261 e. The number of hydrogen-bond acceptors (Lipinski definition) is 5. The van der Waals surface area contributed by atoms with Gasteiger partial charge < -0.3 is 0 Å². The highest BCUT2D eigenvalue weighted by molar-refractivity contribution is 5.29. The quantitative estimate of drug-likeness (QED) is 0.461. The van der Waals surface area contributed by atoms with Crippen LogP contribution in [0.1, 0.15) is 11.6 Å². The fraction of sp³-hybridized carbons (Fsp3) is 0.333. The smallest absolute Gasteiger partial charge is 0.239 e. The summed E-state index contributed by atoms with van der Waals surface area (Å²) in [6.45, 7) is 3.49. The average molecular weight is 149 g/mol. The van der Waals surface area contributed by atoms with E-state index in [0.717, 1.165) is 0 Å². The number of aromatic nitrogens is 3. The molecule has 1 aromatic rings. The van der Waals surface area contributed by atoms with Gasteiger partial charge in [0.1, 0.15) is 11.6 Å². The number of aryl methyl sites for hydroxylation is 2. The summed E-state index contributed by atoms with van der Waals surface area (Å²) in [5, 5.41) is 10.6. The molecule has 5 heteroatoms. The molecule has 0 aromatic carbocycles. The van der Waals surface area contributed by atoms with Crippen molar-refractivity contribution in [3.05, 3.63) is 11.6 Å². The predicted molar refractivity (Wildman–Crippen MR) is 38.5 cm³/mol. The lowest BCUT2D eigenvalue weighted by molar-refractivity contribution is 0.928. The Kier molecular flexibility index (Phi) is 1.97.